The SMILES string of the molecule is NC(=O)c1cccc2c1CNC2=O. The van der Waals surface area contributed by atoms with Crippen LogP contribution < -0.4 is 11.1 Å². The van der Waals surface area contributed by atoms with Crippen molar-refractivity contribution in [2.75, 3.05) is 0 Å². The zero-order valence-electron chi connectivity index (χ0n) is 6.83. The van der Waals surface area contributed by atoms with Crippen LogP contribution in [0.3, 0.4) is 0 Å². The number of carbonyl (C=O) groups is 2. The molecule has 0 aliphatic carbocycles. The minimum absolute atomic E-state index is 0.141. The van der Waals surface area contributed by atoms with E-state index in [9.17, 15) is 9.59 Å². The Morgan fingerprint density at radius 1 is 1.46 bits per heavy atom. The summed E-state index contributed by atoms with van der Waals surface area (Å²) in [5.41, 5.74) is 6.84. The smallest absolute Gasteiger partial charge is 0.251 e. The van der Waals surface area contributed by atoms with Crippen LogP contribution in [0.1, 0.15) is 26.3 Å². The fourth-order valence-electron chi connectivity index (χ4n) is 1.48. The monoisotopic (exact) mass is 176 g/mol. The minimum Gasteiger partial charge on any atom is -0.366 e. The van der Waals surface area contributed by atoms with Gasteiger partial charge in [-0.15, -0.1) is 0 Å². The van der Waals surface area contributed by atoms with Gasteiger partial charge in [0, 0.05) is 17.7 Å². The van der Waals surface area contributed by atoms with Crippen LogP contribution in [0, 0.1) is 0 Å². The Balaban J connectivity index is 2.63. The predicted octanol–water partition coefficient (Wildman–Crippen LogP) is 0.0289. The largest absolute Gasteiger partial charge is 0.366 e. The molecule has 1 aromatic carbocycles. The average Bonchev–Trinajstić information content (AvgIpc) is 2.48. The van der Waals surface area contributed by atoms with Crippen molar-refractivity contribution in [1.29, 1.82) is 0 Å². The fourth-order valence-corrected chi connectivity index (χ4v) is 1.48. The van der Waals surface area contributed by atoms with E-state index >= 15 is 0 Å². The number of rotatable bonds is 1. The molecule has 2 rings (SSSR count). The fraction of sp³-hybridized carbons (Fsp3) is 0.111. The highest BCUT2D eigenvalue weighted by molar-refractivity contribution is 6.03. The van der Waals surface area contributed by atoms with E-state index < -0.39 is 5.91 Å². The van der Waals surface area contributed by atoms with Gasteiger partial charge in [0.05, 0.1) is 0 Å². The van der Waals surface area contributed by atoms with Crippen LogP contribution in [0.4, 0.5) is 0 Å². The maximum Gasteiger partial charge on any atom is 0.251 e. The highest BCUT2D eigenvalue weighted by Crippen LogP contribution is 2.19. The minimum atomic E-state index is -0.492. The van der Waals surface area contributed by atoms with E-state index in [0.717, 1.165) is 0 Å². The molecule has 4 heteroatoms. The normalized spacial score (nSPS) is 13.7. The Kier molecular flexibility index (Phi) is 1.55. The zero-order chi connectivity index (χ0) is 9.42. The number of primary amides is 1. The number of nitrogens with two attached hydrogens (primary N) is 1. The molecule has 13 heavy (non-hydrogen) atoms. The molecule has 1 aliphatic rings. The number of benzene rings is 1. The number of fused-ring (bicyclic) bond motifs is 1. The molecule has 0 saturated heterocycles. The Labute approximate surface area is 74.7 Å². The van der Waals surface area contributed by atoms with Gasteiger partial charge in [-0.25, -0.2) is 0 Å². The van der Waals surface area contributed by atoms with Crippen molar-refractivity contribution in [3.8, 4) is 0 Å². The second kappa shape index (κ2) is 2.58. The van der Waals surface area contributed by atoms with Crippen molar-refractivity contribution < 1.29 is 9.59 Å². The molecule has 0 bridgehead atoms. The summed E-state index contributed by atoms with van der Waals surface area (Å²) in [6.07, 6.45) is 0. The van der Waals surface area contributed by atoms with Crippen LogP contribution in [-0.2, 0) is 6.54 Å². The highest BCUT2D eigenvalue weighted by Gasteiger charge is 2.22. The van der Waals surface area contributed by atoms with Gasteiger partial charge in [-0.1, -0.05) is 6.07 Å². The molecule has 0 radical (unpaired) electrons. The maximum atomic E-state index is 11.2. The molecule has 0 saturated carbocycles. The third kappa shape index (κ3) is 1.07. The molecule has 0 atom stereocenters. The molecule has 0 aromatic heterocycles. The quantitative estimate of drug-likeness (QED) is 0.633. The Morgan fingerprint density at radius 2 is 2.23 bits per heavy atom. The standard InChI is InChI=1S/C9H8N2O2/c10-8(12)5-2-1-3-6-7(5)4-11-9(6)13/h1-3H,4H2,(H2,10,12)(H,11,13). The molecule has 0 spiro atoms. The van der Waals surface area contributed by atoms with Gasteiger partial charge >= 0.3 is 0 Å². The molecule has 1 heterocycles. The molecular weight excluding hydrogens is 168 g/mol. The van der Waals surface area contributed by atoms with Crippen LogP contribution in [0.5, 0.6) is 0 Å². The Hall–Kier alpha value is -1.84. The van der Waals surface area contributed by atoms with E-state index in [-0.39, 0.29) is 5.91 Å². The van der Waals surface area contributed by atoms with Crippen LogP contribution in [0.15, 0.2) is 18.2 Å². The van der Waals surface area contributed by atoms with Gasteiger partial charge in [0.1, 0.15) is 0 Å². The summed E-state index contributed by atoms with van der Waals surface area (Å²) in [5.74, 6) is -0.633. The average molecular weight is 176 g/mol. The topological polar surface area (TPSA) is 72.2 Å². The summed E-state index contributed by atoms with van der Waals surface area (Å²) in [7, 11) is 0. The molecule has 3 N–H and O–H groups in total. The number of nitrogens with one attached hydrogen (secondary N) is 1. The van der Waals surface area contributed by atoms with E-state index in [2.05, 4.69) is 5.32 Å². The molecule has 0 fully saturated rings. The van der Waals surface area contributed by atoms with Crippen LogP contribution >= 0.6 is 0 Å². The third-order valence-corrected chi connectivity index (χ3v) is 2.11. The lowest BCUT2D eigenvalue weighted by atomic mass is 10.0. The summed E-state index contributed by atoms with van der Waals surface area (Å²) in [5, 5.41) is 2.63. The van der Waals surface area contributed by atoms with Crippen LogP contribution in [0.25, 0.3) is 0 Å². The molecular formula is C9H8N2O2. The number of amides is 2. The number of hydrogen-bond donors (Lipinski definition) is 2. The molecule has 66 valence electrons. The van der Waals surface area contributed by atoms with Crippen molar-refractivity contribution in [3.05, 3.63) is 34.9 Å². The first-order chi connectivity index (χ1) is 6.20. The van der Waals surface area contributed by atoms with Gasteiger partial charge in [0.15, 0.2) is 0 Å². The van der Waals surface area contributed by atoms with Gasteiger partial charge in [0.2, 0.25) is 5.91 Å². The second-order valence-electron chi connectivity index (χ2n) is 2.88. The van der Waals surface area contributed by atoms with E-state index in [0.29, 0.717) is 23.2 Å². The maximum absolute atomic E-state index is 11.2. The van der Waals surface area contributed by atoms with Crippen molar-refractivity contribution >= 4 is 11.8 Å². The van der Waals surface area contributed by atoms with Crippen LogP contribution in [0.2, 0.25) is 0 Å². The highest BCUT2D eigenvalue weighted by atomic mass is 16.2. The van der Waals surface area contributed by atoms with Gasteiger partial charge in [-0.05, 0) is 17.7 Å². The lowest BCUT2D eigenvalue weighted by Crippen LogP contribution is -2.14. The van der Waals surface area contributed by atoms with Crippen molar-refractivity contribution in [3.63, 3.8) is 0 Å². The zero-order valence-corrected chi connectivity index (χ0v) is 6.83. The lowest BCUT2D eigenvalue weighted by Gasteiger charge is -2.00. The Bertz CT molecular complexity index is 399. The van der Waals surface area contributed by atoms with E-state index in [1.54, 1.807) is 18.2 Å². The Morgan fingerprint density at radius 3 is 2.92 bits per heavy atom. The van der Waals surface area contributed by atoms with Crippen LogP contribution in [-0.4, -0.2) is 11.8 Å². The van der Waals surface area contributed by atoms with Crippen molar-refractivity contribution in [1.82, 2.24) is 5.32 Å². The van der Waals surface area contributed by atoms with Gasteiger partial charge in [0.25, 0.3) is 5.91 Å². The van der Waals surface area contributed by atoms with E-state index in [4.69, 9.17) is 5.73 Å². The van der Waals surface area contributed by atoms with Crippen molar-refractivity contribution in [2.24, 2.45) is 5.73 Å². The summed E-state index contributed by atoms with van der Waals surface area (Å²) < 4.78 is 0. The summed E-state index contributed by atoms with van der Waals surface area (Å²) in [4.78, 5) is 22.1. The first kappa shape index (κ1) is 7.79. The van der Waals surface area contributed by atoms with E-state index in [1.807, 2.05) is 0 Å². The predicted molar refractivity (Wildman–Crippen MR) is 46.1 cm³/mol. The van der Waals surface area contributed by atoms with Gasteiger partial charge < -0.3 is 11.1 Å². The number of carbonyl (C=O) groups excluding carboxylic acids is 2. The lowest BCUT2D eigenvalue weighted by molar-refractivity contribution is 0.0964. The third-order valence-electron chi connectivity index (χ3n) is 2.11. The number of hydrogen-bond acceptors (Lipinski definition) is 2. The summed E-state index contributed by atoms with van der Waals surface area (Å²) >= 11 is 0. The molecule has 2 amide bonds. The molecule has 0 unspecified atom stereocenters. The van der Waals surface area contributed by atoms with Crippen molar-refractivity contribution in [2.45, 2.75) is 6.54 Å². The second-order valence-corrected chi connectivity index (χ2v) is 2.88. The van der Waals surface area contributed by atoms with Gasteiger partial charge in [-0.3, -0.25) is 9.59 Å². The summed E-state index contributed by atoms with van der Waals surface area (Å²) in [6, 6.07) is 4.97. The molecule has 4 nitrogen and oxygen atoms in total. The molecule has 1 aliphatic heterocycles. The summed E-state index contributed by atoms with van der Waals surface area (Å²) in [6.45, 7) is 0.396. The first-order valence-corrected chi connectivity index (χ1v) is 3.90. The van der Waals surface area contributed by atoms with E-state index in [1.165, 1.54) is 0 Å². The van der Waals surface area contributed by atoms with Gasteiger partial charge in [-0.2, -0.15) is 0 Å². The molecule has 1 aromatic rings. The first-order valence-electron chi connectivity index (χ1n) is 3.90.